The molecule has 0 saturated carbocycles. The molecule has 0 radical (unpaired) electrons. The van der Waals surface area contributed by atoms with Crippen molar-refractivity contribution in [2.75, 3.05) is 6.54 Å². The molecular weight excluding hydrogens is 158 g/mol. The fourth-order valence-corrected chi connectivity index (χ4v) is 2.16. The predicted octanol–water partition coefficient (Wildman–Crippen LogP) is 2.46. The fourth-order valence-electron chi connectivity index (χ4n) is 2.16. The van der Waals surface area contributed by atoms with Gasteiger partial charge in [-0.2, -0.15) is 0 Å². The Labute approximate surface area is 80.2 Å². The molecule has 0 amide bonds. The van der Waals surface area contributed by atoms with Crippen LogP contribution in [-0.4, -0.2) is 6.54 Å². The number of rotatable bonds is 1. The number of hydrogen-bond acceptors (Lipinski definition) is 1. The zero-order chi connectivity index (χ0) is 9.31. The number of nitrogens with one attached hydrogen (secondary N) is 1. The molecule has 0 fully saturated rings. The van der Waals surface area contributed by atoms with E-state index in [9.17, 15) is 0 Å². The molecule has 2 rings (SSSR count). The quantitative estimate of drug-likeness (QED) is 0.691. The third kappa shape index (κ3) is 1.37. The van der Waals surface area contributed by atoms with Crippen molar-refractivity contribution in [3.05, 3.63) is 35.4 Å². The van der Waals surface area contributed by atoms with E-state index < -0.39 is 0 Å². The molecule has 0 saturated heterocycles. The van der Waals surface area contributed by atoms with E-state index >= 15 is 0 Å². The van der Waals surface area contributed by atoms with Crippen molar-refractivity contribution >= 4 is 0 Å². The van der Waals surface area contributed by atoms with Crippen LogP contribution >= 0.6 is 0 Å². The molecule has 13 heavy (non-hydrogen) atoms. The van der Waals surface area contributed by atoms with E-state index in [4.69, 9.17) is 0 Å². The minimum atomic E-state index is 0.203. The lowest BCUT2D eigenvalue weighted by Gasteiger charge is -2.36. The Morgan fingerprint density at radius 3 is 2.92 bits per heavy atom. The van der Waals surface area contributed by atoms with Gasteiger partial charge in [-0.3, -0.25) is 0 Å². The van der Waals surface area contributed by atoms with E-state index in [-0.39, 0.29) is 5.54 Å². The van der Waals surface area contributed by atoms with Gasteiger partial charge in [0.25, 0.3) is 0 Å². The van der Waals surface area contributed by atoms with Crippen molar-refractivity contribution in [1.82, 2.24) is 5.32 Å². The first-order chi connectivity index (χ1) is 6.26. The Bertz CT molecular complexity index is 306. The van der Waals surface area contributed by atoms with Crippen LogP contribution < -0.4 is 5.32 Å². The summed E-state index contributed by atoms with van der Waals surface area (Å²) >= 11 is 0. The predicted molar refractivity (Wildman–Crippen MR) is 55.8 cm³/mol. The highest BCUT2D eigenvalue weighted by Gasteiger charge is 2.28. The summed E-state index contributed by atoms with van der Waals surface area (Å²) in [6.07, 6.45) is 2.33. The summed E-state index contributed by atoms with van der Waals surface area (Å²) in [4.78, 5) is 0. The van der Waals surface area contributed by atoms with Crippen molar-refractivity contribution < 1.29 is 0 Å². The first kappa shape index (κ1) is 8.76. The summed E-state index contributed by atoms with van der Waals surface area (Å²) in [5.41, 5.74) is 3.21. The second-order valence-corrected chi connectivity index (χ2v) is 4.02. The third-order valence-electron chi connectivity index (χ3n) is 3.23. The van der Waals surface area contributed by atoms with Gasteiger partial charge in [-0.05, 0) is 37.4 Å². The highest BCUT2D eigenvalue weighted by molar-refractivity contribution is 5.35. The van der Waals surface area contributed by atoms with Crippen LogP contribution in [0.2, 0.25) is 0 Å². The molecule has 1 aliphatic heterocycles. The monoisotopic (exact) mass is 175 g/mol. The molecule has 1 heterocycles. The fraction of sp³-hybridized carbons (Fsp3) is 0.500. The maximum absolute atomic E-state index is 3.60. The van der Waals surface area contributed by atoms with Crippen LogP contribution in [0.4, 0.5) is 0 Å². The van der Waals surface area contributed by atoms with E-state index in [1.165, 1.54) is 17.5 Å². The number of fused-ring (bicyclic) bond motifs is 1. The summed E-state index contributed by atoms with van der Waals surface area (Å²) in [5, 5.41) is 3.60. The van der Waals surface area contributed by atoms with E-state index in [0.717, 1.165) is 13.0 Å². The van der Waals surface area contributed by atoms with Gasteiger partial charge in [0, 0.05) is 5.54 Å². The molecule has 1 aromatic carbocycles. The summed E-state index contributed by atoms with van der Waals surface area (Å²) in [6, 6.07) is 8.79. The molecular formula is C12H17N. The average molecular weight is 175 g/mol. The van der Waals surface area contributed by atoms with Crippen LogP contribution in [0.5, 0.6) is 0 Å². The van der Waals surface area contributed by atoms with Crippen molar-refractivity contribution in [2.45, 2.75) is 32.2 Å². The standard InChI is InChI=1S/C12H17N/c1-3-12(2)11-7-5-4-6-10(11)8-9-13-12/h4-7,13H,3,8-9H2,1-2H3. The van der Waals surface area contributed by atoms with Crippen LogP contribution in [0.3, 0.4) is 0 Å². The Morgan fingerprint density at radius 1 is 1.38 bits per heavy atom. The molecule has 0 aromatic heterocycles. The van der Waals surface area contributed by atoms with Crippen molar-refractivity contribution in [2.24, 2.45) is 0 Å². The van der Waals surface area contributed by atoms with Crippen molar-refractivity contribution in [1.29, 1.82) is 0 Å². The molecule has 0 aliphatic carbocycles. The Morgan fingerprint density at radius 2 is 2.15 bits per heavy atom. The molecule has 0 bridgehead atoms. The maximum Gasteiger partial charge on any atom is 0.0406 e. The Hall–Kier alpha value is -0.820. The Balaban J connectivity index is 2.48. The van der Waals surface area contributed by atoms with E-state index in [1.807, 2.05) is 0 Å². The summed E-state index contributed by atoms with van der Waals surface area (Å²) < 4.78 is 0. The molecule has 70 valence electrons. The van der Waals surface area contributed by atoms with Crippen molar-refractivity contribution in [3.63, 3.8) is 0 Å². The number of hydrogen-bond donors (Lipinski definition) is 1. The molecule has 1 aliphatic rings. The minimum Gasteiger partial charge on any atom is -0.307 e. The summed E-state index contributed by atoms with van der Waals surface area (Å²) in [7, 11) is 0. The van der Waals surface area contributed by atoms with Gasteiger partial charge in [-0.15, -0.1) is 0 Å². The summed E-state index contributed by atoms with van der Waals surface area (Å²) in [6.45, 7) is 5.65. The smallest absolute Gasteiger partial charge is 0.0406 e. The molecule has 1 atom stereocenters. The SMILES string of the molecule is CCC1(C)NCCc2ccccc21. The Kier molecular flexibility index (Phi) is 2.12. The molecule has 1 unspecified atom stereocenters. The largest absolute Gasteiger partial charge is 0.307 e. The van der Waals surface area contributed by atoms with Crippen LogP contribution in [0.1, 0.15) is 31.4 Å². The molecule has 0 spiro atoms. The van der Waals surface area contributed by atoms with E-state index in [2.05, 4.69) is 43.4 Å². The molecule has 1 nitrogen and oxygen atoms in total. The zero-order valence-electron chi connectivity index (χ0n) is 8.43. The topological polar surface area (TPSA) is 12.0 Å². The van der Waals surface area contributed by atoms with Gasteiger partial charge in [0.05, 0.1) is 0 Å². The van der Waals surface area contributed by atoms with Crippen LogP contribution in [-0.2, 0) is 12.0 Å². The molecule has 1 heteroatoms. The van der Waals surface area contributed by atoms with Crippen LogP contribution in [0, 0.1) is 0 Å². The number of benzene rings is 1. The minimum absolute atomic E-state index is 0.203. The van der Waals surface area contributed by atoms with Gasteiger partial charge in [-0.1, -0.05) is 31.2 Å². The highest BCUT2D eigenvalue weighted by atomic mass is 15.0. The first-order valence-electron chi connectivity index (χ1n) is 5.10. The van der Waals surface area contributed by atoms with Crippen LogP contribution in [0.25, 0.3) is 0 Å². The summed E-state index contributed by atoms with van der Waals surface area (Å²) in [5.74, 6) is 0. The second-order valence-electron chi connectivity index (χ2n) is 4.02. The van der Waals surface area contributed by atoms with Crippen molar-refractivity contribution in [3.8, 4) is 0 Å². The van der Waals surface area contributed by atoms with Gasteiger partial charge in [0.15, 0.2) is 0 Å². The third-order valence-corrected chi connectivity index (χ3v) is 3.23. The molecule has 1 N–H and O–H groups in total. The maximum atomic E-state index is 3.60. The van der Waals surface area contributed by atoms with Gasteiger partial charge in [-0.25, -0.2) is 0 Å². The van der Waals surface area contributed by atoms with Gasteiger partial charge in [0.1, 0.15) is 0 Å². The van der Waals surface area contributed by atoms with Gasteiger partial charge in [0.2, 0.25) is 0 Å². The normalized spacial score (nSPS) is 26.9. The lowest BCUT2D eigenvalue weighted by atomic mass is 9.82. The van der Waals surface area contributed by atoms with Gasteiger partial charge >= 0.3 is 0 Å². The zero-order valence-corrected chi connectivity index (χ0v) is 8.43. The lowest BCUT2D eigenvalue weighted by molar-refractivity contribution is 0.336. The molecule has 1 aromatic rings. The average Bonchev–Trinajstić information content (AvgIpc) is 2.19. The highest BCUT2D eigenvalue weighted by Crippen LogP contribution is 2.30. The second kappa shape index (κ2) is 3.15. The van der Waals surface area contributed by atoms with E-state index in [0.29, 0.717) is 0 Å². The van der Waals surface area contributed by atoms with Gasteiger partial charge < -0.3 is 5.32 Å². The van der Waals surface area contributed by atoms with E-state index in [1.54, 1.807) is 0 Å². The first-order valence-corrected chi connectivity index (χ1v) is 5.10. The van der Waals surface area contributed by atoms with Crippen LogP contribution in [0.15, 0.2) is 24.3 Å². The lowest BCUT2D eigenvalue weighted by Crippen LogP contribution is -2.44.